The zero-order chi connectivity index (χ0) is 43.5. The van der Waals surface area contributed by atoms with Gasteiger partial charge in [-0.3, -0.25) is 23.4 Å². The summed E-state index contributed by atoms with van der Waals surface area (Å²) in [6.45, 7) is 2.84. The number of rotatable bonds is 46. The van der Waals surface area contributed by atoms with Gasteiger partial charge in [-0.15, -0.1) is 0 Å². The molecule has 0 radical (unpaired) electrons. The molecule has 0 aliphatic heterocycles. The Morgan fingerprint density at radius 1 is 0.508 bits per heavy atom. The number of hydrogen-bond acceptors (Lipinski definition) is 9. The van der Waals surface area contributed by atoms with Crippen LogP contribution in [-0.4, -0.2) is 59.9 Å². The molecule has 0 aliphatic carbocycles. The van der Waals surface area contributed by atoms with E-state index in [1.165, 1.54) is 154 Å². The molecule has 0 aromatic carbocycles. The highest BCUT2D eigenvalue weighted by molar-refractivity contribution is 7.47. The fourth-order valence-electron chi connectivity index (χ4n) is 6.94. The number of allylic oxidation sites excluding steroid dienone is 2. The molecule has 4 N–H and O–H groups in total. The Morgan fingerprint density at radius 3 is 1.24 bits per heavy atom. The van der Waals surface area contributed by atoms with E-state index in [1.54, 1.807) is 0 Å². The fraction of sp³-hybridized carbons (Fsp3) is 0.894. The lowest BCUT2D eigenvalue weighted by molar-refractivity contribution is -0.161. The highest BCUT2D eigenvalue weighted by Crippen LogP contribution is 2.43. The van der Waals surface area contributed by atoms with Gasteiger partial charge in [-0.2, -0.15) is 0 Å². The summed E-state index contributed by atoms with van der Waals surface area (Å²) in [5.74, 6) is -2.37. The second-order valence-corrected chi connectivity index (χ2v) is 18.1. The van der Waals surface area contributed by atoms with Crippen LogP contribution >= 0.6 is 7.82 Å². The molecule has 0 bridgehead atoms. The van der Waals surface area contributed by atoms with Gasteiger partial charge >= 0.3 is 25.7 Å². The third kappa shape index (κ3) is 42.7. The predicted octanol–water partition coefficient (Wildman–Crippen LogP) is 13.2. The first-order valence-electron chi connectivity index (χ1n) is 24.2. The van der Waals surface area contributed by atoms with Crippen LogP contribution in [0.25, 0.3) is 0 Å². The summed E-state index contributed by atoms with van der Waals surface area (Å²) in [6, 6.07) is -1.52. The highest BCUT2D eigenvalue weighted by Gasteiger charge is 2.28. The maximum absolute atomic E-state index is 12.7. The van der Waals surface area contributed by atoms with Crippen molar-refractivity contribution in [2.45, 2.75) is 251 Å². The molecule has 12 heteroatoms. The van der Waals surface area contributed by atoms with Gasteiger partial charge in [0, 0.05) is 12.8 Å². The zero-order valence-corrected chi connectivity index (χ0v) is 38.8. The molecule has 0 fully saturated rings. The summed E-state index contributed by atoms with van der Waals surface area (Å²) in [6.07, 6.45) is 44.1. The van der Waals surface area contributed by atoms with E-state index in [4.69, 9.17) is 24.8 Å². The largest absolute Gasteiger partial charge is 0.480 e. The van der Waals surface area contributed by atoms with Crippen LogP contribution in [0.4, 0.5) is 0 Å². The standard InChI is InChI=1S/C47H90NO10P/c1-3-5-7-9-11-13-15-17-19-21-23-24-26-28-30-32-34-36-38-45(49)55-40-43(41-56-59(53,54)57-42-44(48)47(51)52)58-46(50)39-37-35-33-31-29-27-25-22-20-18-16-14-12-10-8-6-4-2/h18,20,43-44H,3-17,19,21-42,48H2,1-2H3,(H,51,52)(H,53,54)/b20-18-/t43-,44+/m1/s1. The van der Waals surface area contributed by atoms with Crippen molar-refractivity contribution in [3.8, 4) is 0 Å². The quantitative estimate of drug-likeness (QED) is 0.0230. The molecule has 0 saturated carbocycles. The van der Waals surface area contributed by atoms with Crippen LogP contribution in [0.3, 0.4) is 0 Å². The summed E-state index contributed by atoms with van der Waals surface area (Å²) >= 11 is 0. The Bertz CT molecular complexity index is 1060. The number of carbonyl (C=O) groups is 3. The van der Waals surface area contributed by atoms with Gasteiger partial charge in [0.15, 0.2) is 6.10 Å². The van der Waals surface area contributed by atoms with Crippen molar-refractivity contribution in [3.63, 3.8) is 0 Å². The maximum atomic E-state index is 12.7. The van der Waals surface area contributed by atoms with E-state index in [9.17, 15) is 23.8 Å². The maximum Gasteiger partial charge on any atom is 0.472 e. The van der Waals surface area contributed by atoms with Crippen molar-refractivity contribution in [2.24, 2.45) is 5.73 Å². The van der Waals surface area contributed by atoms with Crippen LogP contribution in [-0.2, 0) is 37.5 Å². The monoisotopic (exact) mass is 860 g/mol. The third-order valence-electron chi connectivity index (χ3n) is 10.8. The number of ether oxygens (including phenoxy) is 2. The van der Waals surface area contributed by atoms with E-state index in [0.717, 1.165) is 44.9 Å². The SMILES string of the molecule is CCCCCCCC/C=C\CCCCCCCCCC(=O)O[C@H](COC(=O)CCCCCCCCCCCCCCCCCCCC)COP(=O)(O)OC[C@H](N)C(=O)O. The van der Waals surface area contributed by atoms with E-state index < -0.39 is 51.1 Å². The van der Waals surface area contributed by atoms with E-state index in [1.807, 2.05) is 0 Å². The molecule has 0 spiro atoms. The molecular weight excluding hydrogens is 769 g/mol. The van der Waals surface area contributed by atoms with E-state index >= 15 is 0 Å². The molecule has 0 amide bonds. The molecule has 0 rings (SSSR count). The van der Waals surface area contributed by atoms with Gasteiger partial charge < -0.3 is 25.2 Å². The second-order valence-electron chi connectivity index (χ2n) is 16.6. The number of carboxylic acids is 1. The van der Waals surface area contributed by atoms with Crippen molar-refractivity contribution < 1.29 is 47.5 Å². The van der Waals surface area contributed by atoms with Crippen LogP contribution in [0.15, 0.2) is 12.2 Å². The minimum Gasteiger partial charge on any atom is -0.480 e. The average Bonchev–Trinajstić information content (AvgIpc) is 3.21. The van der Waals surface area contributed by atoms with Gasteiger partial charge in [-0.25, -0.2) is 4.57 Å². The average molecular weight is 860 g/mol. The summed E-state index contributed by atoms with van der Waals surface area (Å²) in [5.41, 5.74) is 5.34. The first-order valence-corrected chi connectivity index (χ1v) is 25.7. The zero-order valence-electron chi connectivity index (χ0n) is 37.9. The van der Waals surface area contributed by atoms with Crippen LogP contribution in [0.2, 0.25) is 0 Å². The number of nitrogens with two attached hydrogens (primary N) is 1. The van der Waals surface area contributed by atoms with Crippen molar-refractivity contribution in [1.29, 1.82) is 0 Å². The number of aliphatic carboxylic acids is 1. The van der Waals surface area contributed by atoms with Crippen LogP contribution in [0.5, 0.6) is 0 Å². The Labute approximate surface area is 360 Å². The molecule has 0 heterocycles. The van der Waals surface area contributed by atoms with E-state index in [2.05, 4.69) is 30.5 Å². The molecule has 348 valence electrons. The number of esters is 2. The number of carboxylic acid groups (broad SMARTS) is 1. The third-order valence-corrected chi connectivity index (χ3v) is 11.7. The summed E-state index contributed by atoms with van der Waals surface area (Å²) < 4.78 is 32.8. The first kappa shape index (κ1) is 57.2. The van der Waals surface area contributed by atoms with E-state index in [-0.39, 0.29) is 19.4 Å². The second kappa shape index (κ2) is 42.9. The fourth-order valence-corrected chi connectivity index (χ4v) is 7.72. The lowest BCUT2D eigenvalue weighted by Gasteiger charge is -2.20. The molecule has 0 aromatic heterocycles. The van der Waals surface area contributed by atoms with Crippen LogP contribution in [0.1, 0.15) is 239 Å². The van der Waals surface area contributed by atoms with E-state index in [0.29, 0.717) is 12.8 Å². The molecule has 0 aromatic rings. The van der Waals surface area contributed by atoms with Crippen molar-refractivity contribution in [3.05, 3.63) is 12.2 Å². The summed E-state index contributed by atoms with van der Waals surface area (Å²) in [7, 11) is -4.71. The minimum absolute atomic E-state index is 0.161. The number of unbranched alkanes of at least 4 members (excludes halogenated alkanes) is 30. The number of hydrogen-bond donors (Lipinski definition) is 3. The van der Waals surface area contributed by atoms with Crippen LogP contribution < -0.4 is 5.73 Å². The van der Waals surface area contributed by atoms with Crippen molar-refractivity contribution >= 4 is 25.7 Å². The van der Waals surface area contributed by atoms with Gasteiger partial charge in [0.25, 0.3) is 0 Å². The summed E-state index contributed by atoms with van der Waals surface area (Å²) in [4.78, 5) is 46.1. The van der Waals surface area contributed by atoms with Crippen molar-refractivity contribution in [1.82, 2.24) is 0 Å². The topological polar surface area (TPSA) is 172 Å². The number of phosphoric ester groups is 1. The van der Waals surface area contributed by atoms with Gasteiger partial charge in [0.05, 0.1) is 13.2 Å². The van der Waals surface area contributed by atoms with Gasteiger partial charge in [-0.05, 0) is 38.5 Å². The Morgan fingerprint density at radius 2 is 0.847 bits per heavy atom. The Hall–Kier alpha value is -1.78. The molecular formula is C47H90NO10P. The molecule has 0 saturated heterocycles. The lowest BCUT2D eigenvalue weighted by atomic mass is 10.0. The Kier molecular flexibility index (Phi) is 41.6. The number of phosphoric acid groups is 1. The predicted molar refractivity (Wildman–Crippen MR) is 240 cm³/mol. The molecule has 3 atom stereocenters. The normalized spacial score (nSPS) is 13.7. The van der Waals surface area contributed by atoms with Gasteiger partial charge in [-0.1, -0.05) is 199 Å². The lowest BCUT2D eigenvalue weighted by Crippen LogP contribution is -2.34. The molecule has 1 unspecified atom stereocenters. The molecule has 59 heavy (non-hydrogen) atoms. The van der Waals surface area contributed by atoms with Gasteiger partial charge in [0.2, 0.25) is 0 Å². The Balaban J connectivity index is 4.26. The molecule has 0 aliphatic rings. The number of carbonyl (C=O) groups excluding carboxylic acids is 2. The van der Waals surface area contributed by atoms with Crippen molar-refractivity contribution in [2.75, 3.05) is 19.8 Å². The minimum atomic E-state index is -4.71. The highest BCUT2D eigenvalue weighted by atomic mass is 31.2. The smallest absolute Gasteiger partial charge is 0.472 e. The van der Waals surface area contributed by atoms with Gasteiger partial charge in [0.1, 0.15) is 12.6 Å². The first-order chi connectivity index (χ1) is 28.6. The summed E-state index contributed by atoms with van der Waals surface area (Å²) in [5, 5.41) is 8.91. The molecule has 11 nitrogen and oxygen atoms in total. The van der Waals surface area contributed by atoms with Crippen LogP contribution in [0, 0.1) is 0 Å².